The Labute approximate surface area is 177 Å². The van der Waals surface area contributed by atoms with Gasteiger partial charge in [0.1, 0.15) is 18.0 Å². The van der Waals surface area contributed by atoms with Crippen LogP contribution in [-0.2, 0) is 19.2 Å². The Kier molecular flexibility index (Phi) is 6.01. The minimum Gasteiger partial charge on any atom is -0.463 e. The number of hydrogen-bond acceptors (Lipinski definition) is 7. The van der Waals surface area contributed by atoms with Crippen molar-refractivity contribution in [2.45, 2.75) is 46.8 Å². The second kappa shape index (κ2) is 8.34. The van der Waals surface area contributed by atoms with E-state index >= 15 is 0 Å². The predicted octanol–water partition coefficient (Wildman–Crippen LogP) is 3.23. The van der Waals surface area contributed by atoms with Crippen molar-refractivity contribution in [3.8, 4) is 10.9 Å². The van der Waals surface area contributed by atoms with Gasteiger partial charge in [-0.15, -0.1) is 0 Å². The Bertz CT molecular complexity index is 1160. The Morgan fingerprint density at radius 1 is 1.27 bits per heavy atom. The third-order valence-corrected chi connectivity index (χ3v) is 4.97. The van der Waals surface area contributed by atoms with E-state index in [1.165, 1.54) is 36.1 Å². The number of aromatic nitrogens is 7. The maximum absolute atomic E-state index is 12.9. The first-order chi connectivity index (χ1) is 14.1. The number of rotatable bonds is 6. The highest BCUT2D eigenvalue weighted by atomic mass is 32.1. The lowest BCUT2D eigenvalue weighted by Crippen LogP contribution is -2.28. The van der Waals surface area contributed by atoms with Crippen LogP contribution < -0.4 is 10.4 Å². The molecule has 0 spiro atoms. The van der Waals surface area contributed by atoms with Crippen LogP contribution in [0.3, 0.4) is 0 Å². The lowest BCUT2D eigenvalue weighted by molar-refractivity contribution is 0.263. The number of ether oxygens (including phenoxy) is 1. The van der Waals surface area contributed by atoms with Crippen LogP contribution >= 0.6 is 11.3 Å². The summed E-state index contributed by atoms with van der Waals surface area (Å²) >= 11 is 1.34. The van der Waals surface area contributed by atoms with Gasteiger partial charge in [0.15, 0.2) is 0 Å². The first-order valence-corrected chi connectivity index (χ1v) is 10.1. The van der Waals surface area contributed by atoms with Crippen molar-refractivity contribution in [1.82, 2.24) is 34.6 Å². The highest BCUT2D eigenvalue weighted by Crippen LogP contribution is 2.26. The van der Waals surface area contributed by atoms with Crippen LogP contribution in [0.1, 0.15) is 46.0 Å². The highest BCUT2D eigenvalue weighted by Gasteiger charge is 2.24. The Balaban J connectivity index is 1.89. The van der Waals surface area contributed by atoms with Crippen molar-refractivity contribution in [2.24, 2.45) is 7.05 Å². The summed E-state index contributed by atoms with van der Waals surface area (Å²) in [6, 6.07) is 0. The van der Waals surface area contributed by atoms with E-state index in [0.29, 0.717) is 22.3 Å². The molecule has 0 radical (unpaired) electrons. The monoisotopic (exact) mass is 433 g/mol. The maximum Gasteiger partial charge on any atom is 0.368 e. The van der Waals surface area contributed by atoms with Gasteiger partial charge in [0, 0.05) is 12.4 Å². The summed E-state index contributed by atoms with van der Waals surface area (Å²) < 4.78 is 23.0. The van der Waals surface area contributed by atoms with Crippen LogP contribution in [0.2, 0.25) is 0 Å². The topological polar surface area (TPSA) is 92.6 Å². The Morgan fingerprint density at radius 3 is 2.60 bits per heavy atom. The summed E-state index contributed by atoms with van der Waals surface area (Å²) in [5.74, 6) is -0.275. The number of nitrogens with zero attached hydrogens (tertiary/aromatic N) is 7. The van der Waals surface area contributed by atoms with Gasteiger partial charge in [0.05, 0.1) is 23.3 Å². The Morgan fingerprint density at radius 2 is 2.00 bits per heavy atom. The van der Waals surface area contributed by atoms with Crippen LogP contribution in [0.5, 0.6) is 5.19 Å². The molecule has 3 heterocycles. The van der Waals surface area contributed by atoms with Crippen LogP contribution in [-0.4, -0.2) is 34.6 Å². The summed E-state index contributed by atoms with van der Waals surface area (Å²) in [4.78, 5) is 16.8. The van der Waals surface area contributed by atoms with Gasteiger partial charge < -0.3 is 4.74 Å². The SMILES string of the molecule is C/C(F)=C\C=C(/C)c1csc(OCc2c(-n3nnn(C)c3=O)cnn2C(C)(C)C)n1. The average Bonchev–Trinajstić information content (AvgIpc) is 3.37. The molecule has 160 valence electrons. The fraction of sp³-hybridized carbons (Fsp3) is 0.421. The second-order valence-corrected chi connectivity index (χ2v) is 8.57. The molecule has 0 saturated heterocycles. The molecule has 0 bridgehead atoms. The maximum atomic E-state index is 12.9. The normalized spacial score (nSPS) is 13.2. The molecule has 9 nitrogen and oxygen atoms in total. The summed E-state index contributed by atoms with van der Waals surface area (Å²) in [5, 5.41) is 14.4. The molecular formula is C19H24FN7O2S. The molecule has 0 aliphatic rings. The van der Waals surface area contributed by atoms with Gasteiger partial charge in [-0.25, -0.2) is 14.2 Å². The van der Waals surface area contributed by atoms with Crippen molar-refractivity contribution >= 4 is 16.9 Å². The highest BCUT2D eigenvalue weighted by molar-refractivity contribution is 7.11. The lowest BCUT2D eigenvalue weighted by Gasteiger charge is -2.22. The quantitative estimate of drug-likeness (QED) is 0.554. The molecule has 3 rings (SSSR count). The first kappa shape index (κ1) is 21.6. The lowest BCUT2D eigenvalue weighted by atomic mass is 10.1. The van der Waals surface area contributed by atoms with Crippen molar-refractivity contribution in [1.29, 1.82) is 0 Å². The van der Waals surface area contributed by atoms with Gasteiger partial charge in [0.25, 0.3) is 5.19 Å². The van der Waals surface area contributed by atoms with Crippen molar-refractivity contribution in [3.63, 3.8) is 0 Å². The van der Waals surface area contributed by atoms with E-state index in [9.17, 15) is 9.18 Å². The number of hydrogen-bond donors (Lipinski definition) is 0. The van der Waals surface area contributed by atoms with Gasteiger partial charge in [-0.3, -0.25) is 4.68 Å². The number of halogens is 1. The fourth-order valence-electron chi connectivity index (χ4n) is 2.68. The van der Waals surface area contributed by atoms with Crippen LogP contribution in [0.25, 0.3) is 11.3 Å². The number of tetrazole rings is 1. The number of thiazole rings is 1. The zero-order chi connectivity index (χ0) is 22.1. The molecule has 30 heavy (non-hydrogen) atoms. The molecule has 0 unspecified atom stereocenters. The second-order valence-electron chi connectivity index (χ2n) is 7.75. The number of allylic oxidation sites excluding steroid dienone is 4. The molecule has 11 heteroatoms. The smallest absolute Gasteiger partial charge is 0.368 e. The summed E-state index contributed by atoms with van der Waals surface area (Å²) in [7, 11) is 1.53. The van der Waals surface area contributed by atoms with Gasteiger partial charge in [-0.05, 0) is 56.7 Å². The molecule has 0 atom stereocenters. The van der Waals surface area contributed by atoms with Gasteiger partial charge >= 0.3 is 5.69 Å². The van der Waals surface area contributed by atoms with Gasteiger partial charge in [-0.1, -0.05) is 17.4 Å². The first-order valence-electron chi connectivity index (χ1n) is 9.24. The Hall–Kier alpha value is -3.08. The van der Waals surface area contributed by atoms with Crippen LogP contribution in [0.4, 0.5) is 4.39 Å². The van der Waals surface area contributed by atoms with Crippen LogP contribution in [0.15, 0.2) is 34.4 Å². The molecule has 0 saturated carbocycles. The number of aryl methyl sites for hydroxylation is 1. The van der Waals surface area contributed by atoms with E-state index in [0.717, 1.165) is 10.3 Å². The van der Waals surface area contributed by atoms with Gasteiger partial charge in [0.2, 0.25) is 0 Å². The van der Waals surface area contributed by atoms with E-state index in [4.69, 9.17) is 4.74 Å². The molecule has 0 fully saturated rings. The predicted molar refractivity (Wildman–Crippen MR) is 112 cm³/mol. The molecule has 3 aromatic rings. The minimum atomic E-state index is -0.377. The summed E-state index contributed by atoms with van der Waals surface area (Å²) in [6.45, 7) is 9.38. The third-order valence-electron chi connectivity index (χ3n) is 4.21. The molecule has 3 aromatic heterocycles. The van der Waals surface area contributed by atoms with Crippen molar-refractivity contribution in [3.05, 3.63) is 51.4 Å². The molecular weight excluding hydrogens is 409 g/mol. The van der Waals surface area contributed by atoms with E-state index in [1.807, 2.05) is 33.1 Å². The zero-order valence-corrected chi connectivity index (χ0v) is 18.6. The molecule has 0 aromatic carbocycles. The zero-order valence-electron chi connectivity index (χ0n) is 17.7. The van der Waals surface area contributed by atoms with Crippen molar-refractivity contribution < 1.29 is 9.13 Å². The molecule has 0 aliphatic carbocycles. The van der Waals surface area contributed by atoms with E-state index in [-0.39, 0.29) is 23.7 Å². The van der Waals surface area contributed by atoms with Gasteiger partial charge in [-0.2, -0.15) is 14.5 Å². The minimum absolute atomic E-state index is 0.134. The molecule has 0 amide bonds. The standard InChI is InChI=1S/C19H24FN7O2S/c1-12(7-8-13(2)20)14-11-30-17(22-14)29-10-16-15(9-21-27(16)19(3,4)5)26-18(28)25(6)23-24-26/h7-9,11H,10H2,1-6H3/b12-7+,13-8+. The van der Waals surface area contributed by atoms with E-state index < -0.39 is 0 Å². The van der Waals surface area contributed by atoms with Crippen molar-refractivity contribution in [2.75, 3.05) is 0 Å². The van der Waals surface area contributed by atoms with E-state index in [1.54, 1.807) is 17.0 Å². The molecule has 0 N–H and O–H groups in total. The summed E-state index contributed by atoms with van der Waals surface area (Å²) in [6.07, 6.45) is 4.63. The van der Waals surface area contributed by atoms with Crippen LogP contribution in [0, 0.1) is 0 Å². The van der Waals surface area contributed by atoms with E-state index in [2.05, 4.69) is 20.5 Å². The largest absolute Gasteiger partial charge is 0.463 e. The average molecular weight is 434 g/mol. The fourth-order valence-corrected chi connectivity index (χ4v) is 3.41. The molecule has 0 aliphatic heterocycles. The summed E-state index contributed by atoms with van der Waals surface area (Å²) in [5.41, 5.74) is 1.99. The third kappa shape index (κ3) is 4.56.